The molecule has 4 aromatic rings. The molecule has 0 fully saturated rings. The third-order valence-electron chi connectivity index (χ3n) is 5.85. The first-order valence-electron chi connectivity index (χ1n) is 10.3. The average molecular weight is 409 g/mol. The third kappa shape index (κ3) is 3.03. The number of hydrogen-bond acceptors (Lipinski definition) is 4. The number of anilines is 1. The van der Waals surface area contributed by atoms with Gasteiger partial charge in [0.05, 0.1) is 19.9 Å². The maximum atomic E-state index is 5.88. The summed E-state index contributed by atoms with van der Waals surface area (Å²) < 4.78 is 11.7. The van der Waals surface area contributed by atoms with E-state index >= 15 is 0 Å². The van der Waals surface area contributed by atoms with Crippen molar-refractivity contribution in [1.29, 1.82) is 0 Å². The summed E-state index contributed by atoms with van der Waals surface area (Å²) in [6, 6.07) is 17.0. The Bertz CT molecular complexity index is 1320. The van der Waals surface area contributed by atoms with Gasteiger partial charge in [-0.2, -0.15) is 0 Å². The number of pyridine rings is 1. The largest absolute Gasteiger partial charge is 0.492 e. The summed E-state index contributed by atoms with van der Waals surface area (Å²) in [5, 5.41) is 4.50. The van der Waals surface area contributed by atoms with Crippen LogP contribution in [-0.2, 0) is 0 Å². The van der Waals surface area contributed by atoms with Gasteiger partial charge in [-0.1, -0.05) is 59.7 Å². The van der Waals surface area contributed by atoms with Crippen molar-refractivity contribution >= 4 is 22.7 Å². The van der Waals surface area contributed by atoms with Crippen LogP contribution in [0.5, 0.6) is 11.5 Å². The standard InChI is InChI=1S/C27H24N2O2/c1-16-5-9-18(10-6-16)21-15-29-25-23-20(13-14-28-24(21)23)22(26(30-3)27(25)31-4)19-11-7-17(2)8-12-19/h5-15,28H,1-4H3. The number of aryl methyl sites for hydroxylation is 2. The quantitative estimate of drug-likeness (QED) is 0.413. The molecule has 1 aliphatic heterocycles. The lowest BCUT2D eigenvalue weighted by molar-refractivity contribution is 0.359. The Balaban J connectivity index is 1.90. The van der Waals surface area contributed by atoms with Gasteiger partial charge in [-0.3, -0.25) is 4.98 Å². The van der Waals surface area contributed by atoms with Gasteiger partial charge < -0.3 is 14.8 Å². The Morgan fingerprint density at radius 1 is 0.774 bits per heavy atom. The summed E-state index contributed by atoms with van der Waals surface area (Å²) in [5.41, 5.74) is 9.60. The Hall–Kier alpha value is -3.79. The van der Waals surface area contributed by atoms with Gasteiger partial charge in [0.2, 0.25) is 0 Å². The maximum absolute atomic E-state index is 5.88. The van der Waals surface area contributed by atoms with E-state index in [9.17, 15) is 0 Å². The lowest BCUT2D eigenvalue weighted by Gasteiger charge is -2.24. The Kier molecular flexibility index (Phi) is 4.63. The van der Waals surface area contributed by atoms with Crippen LogP contribution in [0.25, 0.3) is 39.2 Å². The van der Waals surface area contributed by atoms with Gasteiger partial charge in [-0.15, -0.1) is 0 Å². The first-order valence-corrected chi connectivity index (χ1v) is 10.3. The van der Waals surface area contributed by atoms with E-state index in [2.05, 4.69) is 73.8 Å². The molecule has 0 spiro atoms. The van der Waals surface area contributed by atoms with Crippen LogP contribution >= 0.6 is 0 Å². The molecule has 2 heterocycles. The second-order valence-electron chi connectivity index (χ2n) is 7.84. The smallest absolute Gasteiger partial charge is 0.187 e. The van der Waals surface area contributed by atoms with Gasteiger partial charge in [0.25, 0.3) is 0 Å². The third-order valence-corrected chi connectivity index (χ3v) is 5.85. The second kappa shape index (κ2) is 7.47. The van der Waals surface area contributed by atoms with Crippen molar-refractivity contribution in [3.63, 3.8) is 0 Å². The molecule has 154 valence electrons. The fraction of sp³-hybridized carbons (Fsp3) is 0.148. The molecular weight excluding hydrogens is 384 g/mol. The van der Waals surface area contributed by atoms with E-state index < -0.39 is 0 Å². The van der Waals surface area contributed by atoms with E-state index in [-0.39, 0.29) is 0 Å². The Morgan fingerprint density at radius 3 is 2.00 bits per heavy atom. The molecule has 4 heteroatoms. The molecule has 31 heavy (non-hydrogen) atoms. The first kappa shape index (κ1) is 19.2. The zero-order valence-electron chi connectivity index (χ0n) is 18.1. The van der Waals surface area contributed by atoms with Gasteiger partial charge in [0.1, 0.15) is 5.52 Å². The maximum Gasteiger partial charge on any atom is 0.187 e. The minimum Gasteiger partial charge on any atom is -0.492 e. The van der Waals surface area contributed by atoms with Crippen molar-refractivity contribution in [2.24, 2.45) is 0 Å². The van der Waals surface area contributed by atoms with Crippen molar-refractivity contribution in [2.45, 2.75) is 13.8 Å². The molecule has 0 bridgehead atoms. The summed E-state index contributed by atoms with van der Waals surface area (Å²) in [4.78, 5) is 4.83. The highest BCUT2D eigenvalue weighted by molar-refractivity contribution is 6.13. The average Bonchev–Trinajstić information content (AvgIpc) is 2.80. The topological polar surface area (TPSA) is 43.4 Å². The van der Waals surface area contributed by atoms with Crippen molar-refractivity contribution in [1.82, 2.24) is 4.98 Å². The number of hydrogen-bond donors (Lipinski definition) is 1. The molecule has 3 aromatic carbocycles. The fourth-order valence-corrected chi connectivity index (χ4v) is 4.28. The van der Waals surface area contributed by atoms with Crippen molar-refractivity contribution in [3.05, 3.63) is 77.6 Å². The molecule has 1 aliphatic rings. The molecule has 4 nitrogen and oxygen atoms in total. The molecule has 1 aromatic heterocycles. The lowest BCUT2D eigenvalue weighted by Crippen LogP contribution is -2.05. The number of ether oxygens (including phenoxy) is 2. The number of rotatable bonds is 4. The Labute approximate surface area is 182 Å². The number of aromatic nitrogens is 1. The van der Waals surface area contributed by atoms with Gasteiger partial charge in [0.15, 0.2) is 11.5 Å². The molecule has 1 N–H and O–H groups in total. The van der Waals surface area contributed by atoms with E-state index in [0.29, 0.717) is 11.5 Å². The normalized spacial score (nSPS) is 12.0. The zero-order valence-corrected chi connectivity index (χ0v) is 18.1. The zero-order chi connectivity index (χ0) is 21.5. The predicted molar refractivity (Wildman–Crippen MR) is 128 cm³/mol. The lowest BCUT2D eigenvalue weighted by atomic mass is 9.89. The SMILES string of the molecule is COc1c(-c2ccc(C)cc2)c2c3c(c(-c4ccc(C)cc4)cnc3c1OC)NC=C2. The monoisotopic (exact) mass is 408 g/mol. The van der Waals surface area contributed by atoms with Crippen LogP contribution in [0.15, 0.2) is 60.9 Å². The van der Waals surface area contributed by atoms with E-state index in [1.165, 1.54) is 11.1 Å². The number of methoxy groups -OCH3 is 2. The number of nitrogens with zero attached hydrogens (tertiary/aromatic N) is 1. The van der Waals surface area contributed by atoms with E-state index in [0.717, 1.165) is 44.4 Å². The van der Waals surface area contributed by atoms with Crippen LogP contribution in [-0.4, -0.2) is 19.2 Å². The Morgan fingerprint density at radius 2 is 1.39 bits per heavy atom. The fourth-order valence-electron chi connectivity index (χ4n) is 4.28. The number of nitrogens with one attached hydrogen (secondary N) is 1. The van der Waals surface area contributed by atoms with Crippen molar-refractivity contribution in [2.75, 3.05) is 19.5 Å². The highest BCUT2D eigenvalue weighted by Gasteiger charge is 2.26. The molecule has 5 rings (SSSR count). The van der Waals surface area contributed by atoms with Crippen molar-refractivity contribution in [3.8, 4) is 33.8 Å². The molecular formula is C27H24N2O2. The van der Waals surface area contributed by atoms with E-state index in [1.807, 2.05) is 12.4 Å². The minimum absolute atomic E-state index is 0.644. The highest BCUT2D eigenvalue weighted by atomic mass is 16.5. The molecule has 0 saturated carbocycles. The van der Waals surface area contributed by atoms with Crippen LogP contribution in [0.1, 0.15) is 16.7 Å². The van der Waals surface area contributed by atoms with Crippen LogP contribution in [0, 0.1) is 13.8 Å². The van der Waals surface area contributed by atoms with Gasteiger partial charge in [-0.25, -0.2) is 0 Å². The van der Waals surface area contributed by atoms with Crippen molar-refractivity contribution < 1.29 is 9.47 Å². The number of benzene rings is 3. The van der Waals surface area contributed by atoms with E-state index in [1.54, 1.807) is 14.2 Å². The van der Waals surface area contributed by atoms with Crippen LogP contribution in [0.4, 0.5) is 5.69 Å². The summed E-state index contributed by atoms with van der Waals surface area (Å²) in [7, 11) is 3.35. The van der Waals surface area contributed by atoms with Gasteiger partial charge >= 0.3 is 0 Å². The van der Waals surface area contributed by atoms with Crippen LogP contribution < -0.4 is 14.8 Å². The van der Waals surface area contributed by atoms with Gasteiger partial charge in [-0.05, 0) is 36.6 Å². The summed E-state index contributed by atoms with van der Waals surface area (Å²) in [6.45, 7) is 4.18. The summed E-state index contributed by atoms with van der Waals surface area (Å²) in [5.74, 6) is 1.34. The minimum atomic E-state index is 0.644. The first-order chi connectivity index (χ1) is 15.1. The molecule has 0 atom stereocenters. The molecule has 0 saturated heterocycles. The second-order valence-corrected chi connectivity index (χ2v) is 7.84. The summed E-state index contributed by atoms with van der Waals surface area (Å²) >= 11 is 0. The van der Waals surface area contributed by atoms with E-state index in [4.69, 9.17) is 14.5 Å². The van der Waals surface area contributed by atoms with Crippen LogP contribution in [0.2, 0.25) is 0 Å². The van der Waals surface area contributed by atoms with Gasteiger partial charge in [0, 0.05) is 28.9 Å². The molecule has 0 aliphatic carbocycles. The summed E-state index contributed by atoms with van der Waals surface area (Å²) in [6.07, 6.45) is 5.98. The predicted octanol–water partition coefficient (Wildman–Crippen LogP) is 6.60. The molecule has 0 radical (unpaired) electrons. The van der Waals surface area contributed by atoms with Crippen LogP contribution in [0.3, 0.4) is 0 Å². The highest BCUT2D eigenvalue weighted by Crippen LogP contribution is 2.51. The molecule has 0 amide bonds. The molecule has 0 unspecified atom stereocenters.